The minimum atomic E-state index is -0.351. The first-order valence-corrected chi connectivity index (χ1v) is 9.35. The molecule has 0 aromatic carbocycles. The molecular weight excluding hydrogens is 286 g/mol. The lowest BCUT2D eigenvalue weighted by atomic mass is 9.80. The van der Waals surface area contributed by atoms with Crippen LogP contribution in [0.3, 0.4) is 0 Å². The summed E-state index contributed by atoms with van der Waals surface area (Å²) in [5.41, 5.74) is 6.41. The Morgan fingerprint density at radius 1 is 1.09 bits per heavy atom. The molecule has 0 heterocycles. The van der Waals surface area contributed by atoms with Crippen LogP contribution in [0, 0.1) is 5.92 Å². The number of carbonyl (C=O) groups excluding carboxylic acids is 1. The van der Waals surface area contributed by atoms with Crippen LogP contribution in [0.2, 0.25) is 0 Å². The summed E-state index contributed by atoms with van der Waals surface area (Å²) in [6.45, 7) is 13.6. The SMILES string of the molecule is C=C(C)C(=O)OC(C)C(CCCCCCCCCC)C(C)(C)N. The molecule has 0 spiro atoms. The Morgan fingerprint density at radius 3 is 2.00 bits per heavy atom. The summed E-state index contributed by atoms with van der Waals surface area (Å²) in [6, 6.07) is 0. The van der Waals surface area contributed by atoms with Crippen LogP contribution in [0.15, 0.2) is 12.2 Å². The maximum atomic E-state index is 11.7. The molecule has 2 N–H and O–H groups in total. The van der Waals surface area contributed by atoms with Crippen LogP contribution in [-0.2, 0) is 9.53 Å². The van der Waals surface area contributed by atoms with Crippen molar-refractivity contribution < 1.29 is 9.53 Å². The molecule has 0 bridgehead atoms. The zero-order valence-electron chi connectivity index (χ0n) is 16.1. The van der Waals surface area contributed by atoms with E-state index in [0.29, 0.717) is 5.57 Å². The molecule has 0 saturated carbocycles. The average Bonchev–Trinajstić information content (AvgIpc) is 2.43. The standard InChI is InChI=1S/C20H39NO2/c1-7-8-9-10-11-12-13-14-15-18(20(5,6)21)17(4)23-19(22)16(2)3/h17-18H,2,7-15,21H2,1,3-6H3. The first-order chi connectivity index (χ1) is 10.7. The molecule has 0 fully saturated rings. The van der Waals surface area contributed by atoms with Crippen molar-refractivity contribution in [3.05, 3.63) is 12.2 Å². The summed E-state index contributed by atoms with van der Waals surface area (Å²) in [5, 5.41) is 0. The van der Waals surface area contributed by atoms with Gasteiger partial charge in [0.05, 0.1) is 0 Å². The first-order valence-electron chi connectivity index (χ1n) is 9.35. The van der Waals surface area contributed by atoms with Crippen LogP contribution in [-0.4, -0.2) is 17.6 Å². The molecule has 23 heavy (non-hydrogen) atoms. The third kappa shape index (κ3) is 10.5. The number of hydrogen-bond acceptors (Lipinski definition) is 3. The number of rotatable bonds is 13. The van der Waals surface area contributed by atoms with Crippen molar-refractivity contribution in [2.45, 2.75) is 104 Å². The highest BCUT2D eigenvalue weighted by Crippen LogP contribution is 2.27. The van der Waals surface area contributed by atoms with Crippen molar-refractivity contribution >= 4 is 5.97 Å². The smallest absolute Gasteiger partial charge is 0.333 e. The third-order valence-electron chi connectivity index (χ3n) is 4.53. The van der Waals surface area contributed by atoms with Gasteiger partial charge in [-0.1, -0.05) is 64.9 Å². The second-order valence-corrected chi connectivity index (χ2v) is 7.58. The summed E-state index contributed by atoms with van der Waals surface area (Å²) < 4.78 is 5.50. The van der Waals surface area contributed by atoms with E-state index in [-0.39, 0.29) is 23.5 Å². The van der Waals surface area contributed by atoms with E-state index in [2.05, 4.69) is 13.5 Å². The molecule has 0 radical (unpaired) electrons. The van der Waals surface area contributed by atoms with E-state index in [0.717, 1.165) is 12.8 Å². The van der Waals surface area contributed by atoms with Gasteiger partial charge < -0.3 is 10.5 Å². The van der Waals surface area contributed by atoms with Gasteiger partial charge in [0.1, 0.15) is 6.10 Å². The van der Waals surface area contributed by atoms with Gasteiger partial charge in [0, 0.05) is 17.0 Å². The largest absolute Gasteiger partial charge is 0.459 e. The lowest BCUT2D eigenvalue weighted by molar-refractivity contribution is -0.147. The lowest BCUT2D eigenvalue weighted by Crippen LogP contribution is -2.47. The minimum Gasteiger partial charge on any atom is -0.459 e. The molecular formula is C20H39NO2. The Morgan fingerprint density at radius 2 is 1.57 bits per heavy atom. The zero-order valence-corrected chi connectivity index (χ0v) is 16.1. The number of unbranched alkanes of at least 4 members (excludes halogenated alkanes) is 7. The number of ether oxygens (including phenoxy) is 1. The van der Waals surface area contributed by atoms with Crippen molar-refractivity contribution in [1.29, 1.82) is 0 Å². The van der Waals surface area contributed by atoms with Crippen molar-refractivity contribution in [2.24, 2.45) is 11.7 Å². The molecule has 0 aromatic heterocycles. The fourth-order valence-corrected chi connectivity index (χ4v) is 3.06. The van der Waals surface area contributed by atoms with Gasteiger partial charge in [-0.05, 0) is 34.1 Å². The second-order valence-electron chi connectivity index (χ2n) is 7.58. The summed E-state index contributed by atoms with van der Waals surface area (Å²) in [5.74, 6) is -0.145. The molecule has 3 nitrogen and oxygen atoms in total. The zero-order chi connectivity index (χ0) is 17.9. The molecule has 0 aliphatic heterocycles. The predicted molar refractivity (Wildman–Crippen MR) is 99.4 cm³/mol. The van der Waals surface area contributed by atoms with E-state index in [1.165, 1.54) is 44.9 Å². The number of carbonyl (C=O) groups is 1. The van der Waals surface area contributed by atoms with E-state index in [1.807, 2.05) is 20.8 Å². The topological polar surface area (TPSA) is 52.3 Å². The highest BCUT2D eigenvalue weighted by Gasteiger charge is 2.32. The summed E-state index contributed by atoms with van der Waals surface area (Å²) in [6.07, 6.45) is 11.2. The maximum Gasteiger partial charge on any atom is 0.333 e. The summed E-state index contributed by atoms with van der Waals surface area (Å²) in [7, 11) is 0. The quantitative estimate of drug-likeness (QED) is 0.281. The molecule has 0 aliphatic rings. The van der Waals surface area contributed by atoms with Crippen molar-refractivity contribution in [3.63, 3.8) is 0 Å². The third-order valence-corrected chi connectivity index (χ3v) is 4.53. The number of hydrogen-bond donors (Lipinski definition) is 1. The second kappa shape index (κ2) is 11.7. The predicted octanol–water partition coefficient (Wildman–Crippen LogP) is 5.38. The fourth-order valence-electron chi connectivity index (χ4n) is 3.06. The van der Waals surface area contributed by atoms with Crippen molar-refractivity contribution in [1.82, 2.24) is 0 Å². The number of esters is 1. The molecule has 2 atom stereocenters. The van der Waals surface area contributed by atoms with Gasteiger partial charge in [0.25, 0.3) is 0 Å². The first kappa shape index (κ1) is 22.2. The molecule has 0 saturated heterocycles. The Hall–Kier alpha value is -0.830. The molecule has 2 unspecified atom stereocenters. The van der Waals surface area contributed by atoms with Crippen LogP contribution >= 0.6 is 0 Å². The van der Waals surface area contributed by atoms with Gasteiger partial charge in [0.2, 0.25) is 0 Å². The molecule has 136 valence electrons. The van der Waals surface area contributed by atoms with Crippen LogP contribution in [0.1, 0.15) is 92.4 Å². The van der Waals surface area contributed by atoms with Crippen molar-refractivity contribution in [3.8, 4) is 0 Å². The van der Waals surface area contributed by atoms with E-state index in [4.69, 9.17) is 10.5 Å². The highest BCUT2D eigenvalue weighted by atomic mass is 16.5. The van der Waals surface area contributed by atoms with Gasteiger partial charge in [0.15, 0.2) is 0 Å². The molecule has 0 aromatic rings. The van der Waals surface area contributed by atoms with E-state index in [1.54, 1.807) is 6.92 Å². The minimum absolute atomic E-state index is 0.172. The van der Waals surface area contributed by atoms with Crippen LogP contribution in [0.4, 0.5) is 0 Å². The van der Waals surface area contributed by atoms with E-state index >= 15 is 0 Å². The van der Waals surface area contributed by atoms with Gasteiger partial charge >= 0.3 is 5.97 Å². The van der Waals surface area contributed by atoms with Crippen LogP contribution in [0.5, 0.6) is 0 Å². The van der Waals surface area contributed by atoms with Crippen LogP contribution < -0.4 is 5.73 Å². The number of nitrogens with two attached hydrogens (primary N) is 1. The van der Waals surface area contributed by atoms with Gasteiger partial charge in [-0.25, -0.2) is 4.79 Å². The average molecular weight is 326 g/mol. The van der Waals surface area contributed by atoms with E-state index in [9.17, 15) is 4.79 Å². The molecule has 0 rings (SSSR count). The van der Waals surface area contributed by atoms with Gasteiger partial charge in [-0.2, -0.15) is 0 Å². The Kier molecular flexibility index (Phi) is 11.2. The monoisotopic (exact) mass is 325 g/mol. The Bertz CT molecular complexity index is 344. The molecule has 0 amide bonds. The van der Waals surface area contributed by atoms with E-state index < -0.39 is 0 Å². The van der Waals surface area contributed by atoms with Gasteiger partial charge in [-0.15, -0.1) is 0 Å². The Labute approximate surface area is 144 Å². The maximum absolute atomic E-state index is 11.7. The summed E-state index contributed by atoms with van der Waals surface area (Å²) in [4.78, 5) is 11.7. The highest BCUT2D eigenvalue weighted by molar-refractivity contribution is 5.87. The molecule has 0 aliphatic carbocycles. The van der Waals surface area contributed by atoms with Gasteiger partial charge in [-0.3, -0.25) is 0 Å². The van der Waals surface area contributed by atoms with Crippen LogP contribution in [0.25, 0.3) is 0 Å². The fraction of sp³-hybridized carbons (Fsp3) is 0.850. The lowest BCUT2D eigenvalue weighted by Gasteiger charge is -2.35. The molecule has 3 heteroatoms. The Balaban J connectivity index is 4.17. The normalized spacial score (nSPS) is 14.3. The van der Waals surface area contributed by atoms with Crippen molar-refractivity contribution in [2.75, 3.05) is 0 Å². The summed E-state index contributed by atoms with van der Waals surface area (Å²) >= 11 is 0.